The Bertz CT molecular complexity index is 499. The first-order valence-electron chi connectivity index (χ1n) is 6.70. The van der Waals surface area contributed by atoms with Crippen LogP contribution in [0.5, 0.6) is 0 Å². The molecule has 0 unspecified atom stereocenters. The minimum absolute atomic E-state index is 0.0736. The summed E-state index contributed by atoms with van der Waals surface area (Å²) in [4.78, 5) is 33.8. The molecule has 0 aliphatic carbocycles. The van der Waals surface area contributed by atoms with E-state index in [1.165, 1.54) is 6.92 Å². The maximum absolute atomic E-state index is 11.6. The molecule has 0 fully saturated rings. The van der Waals surface area contributed by atoms with Gasteiger partial charge in [0, 0.05) is 24.8 Å². The number of urea groups is 1. The molecule has 0 aliphatic rings. The molecule has 0 spiro atoms. The van der Waals surface area contributed by atoms with Crippen LogP contribution in [0.25, 0.3) is 0 Å². The van der Waals surface area contributed by atoms with Crippen molar-refractivity contribution in [3.63, 3.8) is 0 Å². The molecule has 0 bridgehead atoms. The molecular formula is C14H20N4O3. The smallest absolute Gasteiger partial charge is 0.319 e. The molecule has 0 radical (unpaired) electrons. The Hall–Kier alpha value is -2.57. The van der Waals surface area contributed by atoms with Crippen molar-refractivity contribution in [3.8, 4) is 0 Å². The van der Waals surface area contributed by atoms with E-state index in [2.05, 4.69) is 21.3 Å². The van der Waals surface area contributed by atoms with Crippen molar-refractivity contribution in [1.29, 1.82) is 0 Å². The van der Waals surface area contributed by atoms with Crippen molar-refractivity contribution >= 4 is 29.2 Å². The van der Waals surface area contributed by atoms with Gasteiger partial charge in [-0.2, -0.15) is 0 Å². The first kappa shape index (κ1) is 16.5. The van der Waals surface area contributed by atoms with Crippen molar-refractivity contribution in [2.75, 3.05) is 23.7 Å². The predicted octanol–water partition coefficient (Wildman–Crippen LogP) is 1.29. The van der Waals surface area contributed by atoms with Gasteiger partial charge in [0.15, 0.2) is 0 Å². The van der Waals surface area contributed by atoms with Crippen molar-refractivity contribution in [2.45, 2.75) is 20.3 Å². The summed E-state index contributed by atoms with van der Waals surface area (Å²) in [5.41, 5.74) is 1.21. The monoisotopic (exact) mass is 292 g/mol. The highest BCUT2D eigenvalue weighted by atomic mass is 16.2. The molecule has 0 aromatic heterocycles. The fourth-order valence-electron chi connectivity index (χ4n) is 1.50. The number of hydrogen-bond donors (Lipinski definition) is 4. The number of carbonyl (C=O) groups is 3. The summed E-state index contributed by atoms with van der Waals surface area (Å²) < 4.78 is 0. The first-order valence-corrected chi connectivity index (χ1v) is 6.70. The lowest BCUT2D eigenvalue weighted by atomic mass is 10.3. The fourth-order valence-corrected chi connectivity index (χ4v) is 1.50. The maximum atomic E-state index is 11.6. The number of hydrogen-bond acceptors (Lipinski definition) is 3. The molecule has 0 atom stereocenters. The minimum Gasteiger partial charge on any atom is -0.355 e. The maximum Gasteiger partial charge on any atom is 0.319 e. The molecule has 0 heterocycles. The zero-order chi connectivity index (χ0) is 15.7. The van der Waals surface area contributed by atoms with Gasteiger partial charge >= 0.3 is 6.03 Å². The highest BCUT2D eigenvalue weighted by molar-refractivity contribution is 5.93. The standard InChI is InChI=1S/C14H20N4O3/c1-3-8-15-13(20)9-16-14(21)18-12-6-4-11(5-7-12)17-10(2)19/h4-7H,3,8-9H2,1-2H3,(H,15,20)(H,17,19)(H2,16,18,21). The lowest BCUT2D eigenvalue weighted by molar-refractivity contribution is -0.120. The van der Waals surface area contributed by atoms with E-state index in [0.717, 1.165) is 6.42 Å². The lowest BCUT2D eigenvalue weighted by Gasteiger charge is -2.08. The normalized spacial score (nSPS) is 9.62. The molecule has 1 rings (SSSR count). The van der Waals surface area contributed by atoms with E-state index in [1.54, 1.807) is 24.3 Å². The zero-order valence-corrected chi connectivity index (χ0v) is 12.2. The number of anilines is 2. The molecule has 4 amide bonds. The highest BCUT2D eigenvalue weighted by Gasteiger charge is 2.05. The lowest BCUT2D eigenvalue weighted by Crippen LogP contribution is -2.39. The van der Waals surface area contributed by atoms with Crippen molar-refractivity contribution in [2.24, 2.45) is 0 Å². The van der Waals surface area contributed by atoms with E-state index < -0.39 is 6.03 Å². The molecule has 0 aliphatic heterocycles. The average Bonchev–Trinajstić information content (AvgIpc) is 2.44. The summed E-state index contributed by atoms with van der Waals surface area (Å²) in [5.74, 6) is -0.389. The Labute approximate surface area is 123 Å². The Morgan fingerprint density at radius 1 is 0.952 bits per heavy atom. The third-order valence-electron chi connectivity index (χ3n) is 2.44. The number of amides is 4. The number of rotatable bonds is 6. The highest BCUT2D eigenvalue weighted by Crippen LogP contribution is 2.13. The Morgan fingerprint density at radius 2 is 1.52 bits per heavy atom. The largest absolute Gasteiger partial charge is 0.355 e. The van der Waals surface area contributed by atoms with Crippen LogP contribution in [0.1, 0.15) is 20.3 Å². The van der Waals surface area contributed by atoms with Crippen LogP contribution in [0, 0.1) is 0 Å². The van der Waals surface area contributed by atoms with Crippen LogP contribution in [-0.4, -0.2) is 30.9 Å². The van der Waals surface area contributed by atoms with Gasteiger partial charge < -0.3 is 21.3 Å². The van der Waals surface area contributed by atoms with Crippen LogP contribution in [0.4, 0.5) is 16.2 Å². The second-order valence-electron chi connectivity index (χ2n) is 4.42. The molecule has 4 N–H and O–H groups in total. The Kier molecular flexibility index (Phi) is 6.73. The van der Waals surface area contributed by atoms with Gasteiger partial charge in [-0.25, -0.2) is 4.79 Å². The van der Waals surface area contributed by atoms with Crippen molar-refractivity contribution in [1.82, 2.24) is 10.6 Å². The van der Waals surface area contributed by atoms with Crippen LogP contribution >= 0.6 is 0 Å². The molecule has 1 aromatic rings. The van der Waals surface area contributed by atoms with Crippen molar-refractivity contribution < 1.29 is 14.4 Å². The van der Waals surface area contributed by atoms with E-state index in [4.69, 9.17) is 0 Å². The Morgan fingerprint density at radius 3 is 2.05 bits per heavy atom. The van der Waals surface area contributed by atoms with Crippen LogP contribution in [0.15, 0.2) is 24.3 Å². The number of benzene rings is 1. The van der Waals surface area contributed by atoms with Gasteiger partial charge in [-0.3, -0.25) is 9.59 Å². The van der Waals surface area contributed by atoms with Gasteiger partial charge in [-0.1, -0.05) is 6.92 Å². The number of nitrogens with one attached hydrogen (secondary N) is 4. The summed E-state index contributed by atoms with van der Waals surface area (Å²) in [6, 6.07) is 6.19. The molecule has 0 saturated carbocycles. The van der Waals surface area contributed by atoms with E-state index in [0.29, 0.717) is 17.9 Å². The van der Waals surface area contributed by atoms with E-state index in [1.807, 2.05) is 6.92 Å². The predicted molar refractivity (Wildman–Crippen MR) is 81.1 cm³/mol. The molecule has 0 saturated heterocycles. The summed E-state index contributed by atoms with van der Waals surface area (Å²) in [7, 11) is 0. The fraction of sp³-hybridized carbons (Fsp3) is 0.357. The second kappa shape index (κ2) is 8.57. The van der Waals surface area contributed by atoms with Gasteiger partial charge in [0.2, 0.25) is 11.8 Å². The van der Waals surface area contributed by atoms with Crippen LogP contribution in [-0.2, 0) is 9.59 Å². The quantitative estimate of drug-likeness (QED) is 0.635. The second-order valence-corrected chi connectivity index (χ2v) is 4.42. The molecule has 1 aromatic carbocycles. The minimum atomic E-state index is -0.464. The third-order valence-corrected chi connectivity index (χ3v) is 2.44. The summed E-state index contributed by atoms with van der Waals surface area (Å²) in [6.07, 6.45) is 0.846. The summed E-state index contributed by atoms with van der Waals surface area (Å²) in [5, 5.41) is 10.3. The Balaban J connectivity index is 2.37. The average molecular weight is 292 g/mol. The van der Waals surface area contributed by atoms with E-state index in [9.17, 15) is 14.4 Å². The van der Waals surface area contributed by atoms with Crippen LogP contribution in [0.3, 0.4) is 0 Å². The molecular weight excluding hydrogens is 272 g/mol. The SMILES string of the molecule is CCCNC(=O)CNC(=O)Nc1ccc(NC(C)=O)cc1. The molecule has 21 heavy (non-hydrogen) atoms. The third kappa shape index (κ3) is 6.95. The van der Waals surface area contributed by atoms with Crippen LogP contribution in [0.2, 0.25) is 0 Å². The van der Waals surface area contributed by atoms with Gasteiger partial charge in [0.05, 0.1) is 6.54 Å². The summed E-state index contributed by atoms with van der Waals surface area (Å²) in [6.45, 7) is 3.89. The van der Waals surface area contributed by atoms with E-state index in [-0.39, 0.29) is 18.4 Å². The first-order chi connectivity index (χ1) is 10.0. The topological polar surface area (TPSA) is 99.3 Å². The zero-order valence-electron chi connectivity index (χ0n) is 12.2. The van der Waals surface area contributed by atoms with Gasteiger partial charge in [0.1, 0.15) is 0 Å². The van der Waals surface area contributed by atoms with Crippen molar-refractivity contribution in [3.05, 3.63) is 24.3 Å². The molecule has 114 valence electrons. The summed E-state index contributed by atoms with van der Waals surface area (Å²) >= 11 is 0. The molecule has 7 heteroatoms. The molecule has 7 nitrogen and oxygen atoms in total. The number of carbonyl (C=O) groups excluding carboxylic acids is 3. The van der Waals surface area contributed by atoms with Crippen LogP contribution < -0.4 is 21.3 Å². The van der Waals surface area contributed by atoms with Gasteiger partial charge in [0.25, 0.3) is 0 Å². The van der Waals surface area contributed by atoms with Gasteiger partial charge in [-0.15, -0.1) is 0 Å². The van der Waals surface area contributed by atoms with E-state index >= 15 is 0 Å². The van der Waals surface area contributed by atoms with Gasteiger partial charge in [-0.05, 0) is 30.7 Å².